The van der Waals surface area contributed by atoms with Crippen LogP contribution >= 0.6 is 24.1 Å². The molecule has 1 heterocycles. The fourth-order valence-electron chi connectivity index (χ4n) is 1.03. The van der Waals surface area contributed by atoms with E-state index in [9.17, 15) is 0 Å². The van der Waals surface area contributed by atoms with E-state index in [1.165, 1.54) is 24.1 Å². The maximum absolute atomic E-state index is 4.94. The maximum Gasteiger partial charge on any atom is 0.0931 e. The Bertz CT molecular complexity index is 493. The molecule has 1 aromatic carbocycles. The van der Waals surface area contributed by atoms with Crippen LogP contribution in [0.5, 0.6) is 0 Å². The Kier molecular flexibility index (Phi) is 7.66. The first kappa shape index (κ1) is 14.5. The summed E-state index contributed by atoms with van der Waals surface area (Å²) in [5.41, 5.74) is 2.12. The highest BCUT2D eigenvalue weighted by atomic mass is 32.2. The minimum absolute atomic E-state index is 0.567. The smallest absolute Gasteiger partial charge is 0.0931 e. The SMILES string of the molecule is C#CCSOSCC#C.c1ccc2[nH]cnc2c1. The summed E-state index contributed by atoms with van der Waals surface area (Å²) >= 11 is 2.45. The molecule has 1 N–H and O–H groups in total. The van der Waals surface area contributed by atoms with Gasteiger partial charge in [0, 0.05) is 24.1 Å². The molecule has 0 unspecified atom stereocenters. The maximum atomic E-state index is 4.94. The first-order valence-electron chi connectivity index (χ1n) is 5.04. The van der Waals surface area contributed by atoms with Crippen molar-refractivity contribution in [1.82, 2.24) is 9.97 Å². The van der Waals surface area contributed by atoms with E-state index in [4.69, 9.17) is 16.5 Å². The average molecular weight is 276 g/mol. The van der Waals surface area contributed by atoms with Gasteiger partial charge in [0.25, 0.3) is 0 Å². The van der Waals surface area contributed by atoms with Gasteiger partial charge >= 0.3 is 0 Å². The Labute approximate surface area is 116 Å². The third-order valence-corrected chi connectivity index (χ3v) is 3.05. The molecular weight excluding hydrogens is 264 g/mol. The van der Waals surface area contributed by atoms with Crippen LogP contribution in [-0.4, -0.2) is 21.5 Å². The van der Waals surface area contributed by atoms with Crippen molar-refractivity contribution in [2.24, 2.45) is 0 Å². The molecule has 5 heteroatoms. The van der Waals surface area contributed by atoms with Gasteiger partial charge in [0.05, 0.1) is 28.9 Å². The van der Waals surface area contributed by atoms with Crippen LogP contribution in [0.2, 0.25) is 0 Å². The van der Waals surface area contributed by atoms with Gasteiger partial charge < -0.3 is 4.98 Å². The average Bonchev–Trinajstić information content (AvgIpc) is 2.88. The Morgan fingerprint density at radius 3 is 2.44 bits per heavy atom. The molecule has 0 spiro atoms. The lowest BCUT2D eigenvalue weighted by atomic mass is 10.3. The standard InChI is InChI=1S/C7H6N2.C6H6OS2/c1-2-4-7-6(3-1)8-5-9-7;1-3-5-8-7-9-6-4-2/h1-5H,(H,8,9);1-2H,5-6H2. The van der Waals surface area contributed by atoms with E-state index in [1.807, 2.05) is 24.3 Å². The number of fused-ring (bicyclic) bond motifs is 1. The molecule has 0 radical (unpaired) electrons. The van der Waals surface area contributed by atoms with E-state index in [0.717, 1.165) is 11.0 Å². The molecule has 2 rings (SSSR count). The number of hydrogen-bond acceptors (Lipinski definition) is 4. The highest BCUT2D eigenvalue weighted by Gasteiger charge is 1.88. The Balaban J connectivity index is 0.000000180. The molecule has 1 aromatic heterocycles. The van der Waals surface area contributed by atoms with Crippen molar-refractivity contribution < 1.29 is 3.63 Å². The van der Waals surface area contributed by atoms with Gasteiger partial charge in [-0.05, 0) is 12.1 Å². The van der Waals surface area contributed by atoms with Gasteiger partial charge in [-0.25, -0.2) is 8.61 Å². The van der Waals surface area contributed by atoms with Gasteiger partial charge in [0.2, 0.25) is 0 Å². The van der Waals surface area contributed by atoms with Crippen molar-refractivity contribution in [3.05, 3.63) is 30.6 Å². The molecule has 0 saturated heterocycles. The van der Waals surface area contributed by atoms with Gasteiger partial charge in [-0.1, -0.05) is 24.0 Å². The molecule has 18 heavy (non-hydrogen) atoms. The van der Waals surface area contributed by atoms with Crippen LogP contribution in [0.4, 0.5) is 0 Å². The second kappa shape index (κ2) is 9.49. The van der Waals surface area contributed by atoms with Gasteiger partial charge in [-0.2, -0.15) is 0 Å². The molecule has 0 aliphatic carbocycles. The Morgan fingerprint density at radius 1 is 1.17 bits per heavy atom. The van der Waals surface area contributed by atoms with Crippen LogP contribution in [0.15, 0.2) is 30.6 Å². The molecule has 3 nitrogen and oxygen atoms in total. The Morgan fingerprint density at radius 2 is 1.83 bits per heavy atom. The number of nitrogens with zero attached hydrogens (tertiary/aromatic N) is 1. The van der Waals surface area contributed by atoms with Crippen LogP contribution in [0.1, 0.15) is 0 Å². The van der Waals surface area contributed by atoms with Crippen LogP contribution in [0.3, 0.4) is 0 Å². The number of hydrogen-bond donors (Lipinski definition) is 1. The fourth-order valence-corrected chi connectivity index (χ4v) is 1.82. The quantitative estimate of drug-likeness (QED) is 0.529. The van der Waals surface area contributed by atoms with Crippen LogP contribution in [0.25, 0.3) is 11.0 Å². The molecule has 0 aliphatic heterocycles. The molecule has 2 aromatic rings. The summed E-state index contributed by atoms with van der Waals surface area (Å²) < 4.78 is 4.86. The van der Waals surface area contributed by atoms with Crippen molar-refractivity contribution in [1.29, 1.82) is 0 Å². The number of terminal acetylenes is 2. The number of para-hydroxylation sites is 2. The first-order chi connectivity index (χ1) is 8.88. The molecular formula is C13H12N2OS2. The van der Waals surface area contributed by atoms with Crippen LogP contribution < -0.4 is 0 Å². The summed E-state index contributed by atoms with van der Waals surface area (Å²) in [6, 6.07) is 7.94. The largest absolute Gasteiger partial charge is 0.345 e. The van der Waals surface area contributed by atoms with Crippen molar-refractivity contribution >= 4 is 35.1 Å². The summed E-state index contributed by atoms with van der Waals surface area (Å²) in [6.07, 6.45) is 11.6. The third-order valence-electron chi connectivity index (χ3n) is 1.71. The minimum atomic E-state index is 0.567. The van der Waals surface area contributed by atoms with Gasteiger partial charge in [-0.3, -0.25) is 0 Å². The van der Waals surface area contributed by atoms with E-state index >= 15 is 0 Å². The lowest BCUT2D eigenvalue weighted by Gasteiger charge is -1.91. The molecule has 0 saturated carbocycles. The molecule has 0 atom stereocenters. The molecule has 0 fully saturated rings. The predicted molar refractivity (Wildman–Crippen MR) is 79.8 cm³/mol. The number of aromatic nitrogens is 2. The van der Waals surface area contributed by atoms with Crippen LogP contribution in [-0.2, 0) is 3.63 Å². The normalized spacial score (nSPS) is 9.00. The zero-order chi connectivity index (χ0) is 13.1. The number of benzene rings is 1. The number of imidazole rings is 1. The number of H-pyrrole nitrogens is 1. The molecule has 92 valence electrons. The summed E-state index contributed by atoms with van der Waals surface area (Å²) in [5, 5.41) is 0. The third kappa shape index (κ3) is 5.70. The number of aromatic amines is 1. The lowest BCUT2D eigenvalue weighted by Crippen LogP contribution is -1.72. The summed E-state index contributed by atoms with van der Waals surface area (Å²) in [6.45, 7) is 0. The number of rotatable bonds is 4. The second-order valence-electron chi connectivity index (χ2n) is 2.92. The van der Waals surface area contributed by atoms with Gasteiger partial charge in [-0.15, -0.1) is 12.8 Å². The topological polar surface area (TPSA) is 37.9 Å². The molecule has 0 amide bonds. The van der Waals surface area contributed by atoms with Crippen molar-refractivity contribution in [2.75, 3.05) is 11.5 Å². The summed E-state index contributed by atoms with van der Waals surface area (Å²) in [7, 11) is 0. The first-order valence-corrected chi connectivity index (χ1v) is 6.86. The van der Waals surface area contributed by atoms with E-state index in [-0.39, 0.29) is 0 Å². The highest BCUT2D eigenvalue weighted by Crippen LogP contribution is 2.12. The zero-order valence-electron chi connectivity index (χ0n) is 9.63. The fraction of sp³-hybridized carbons (Fsp3) is 0.154. The lowest BCUT2D eigenvalue weighted by molar-refractivity contribution is 0.764. The van der Waals surface area contributed by atoms with Crippen molar-refractivity contribution in [2.45, 2.75) is 0 Å². The van der Waals surface area contributed by atoms with Crippen LogP contribution in [0, 0.1) is 24.7 Å². The Hall–Kier alpha value is -1.53. The van der Waals surface area contributed by atoms with E-state index in [0.29, 0.717) is 11.5 Å². The molecule has 0 aliphatic rings. The summed E-state index contributed by atoms with van der Waals surface area (Å²) in [5.74, 6) is 5.97. The monoisotopic (exact) mass is 276 g/mol. The predicted octanol–water partition coefficient (Wildman–Crippen LogP) is 3.13. The molecule has 0 bridgehead atoms. The van der Waals surface area contributed by atoms with Crippen molar-refractivity contribution in [3.8, 4) is 24.7 Å². The van der Waals surface area contributed by atoms with E-state index in [1.54, 1.807) is 6.33 Å². The van der Waals surface area contributed by atoms with Gasteiger partial charge in [0.1, 0.15) is 0 Å². The summed E-state index contributed by atoms with van der Waals surface area (Å²) in [4.78, 5) is 7.07. The van der Waals surface area contributed by atoms with E-state index < -0.39 is 0 Å². The number of nitrogens with one attached hydrogen (secondary N) is 1. The second-order valence-corrected chi connectivity index (χ2v) is 4.51. The van der Waals surface area contributed by atoms with Gasteiger partial charge in [0.15, 0.2) is 0 Å². The van der Waals surface area contributed by atoms with Crippen molar-refractivity contribution in [3.63, 3.8) is 0 Å². The highest BCUT2D eigenvalue weighted by molar-refractivity contribution is 8.08. The van der Waals surface area contributed by atoms with E-state index in [2.05, 4.69) is 21.8 Å². The minimum Gasteiger partial charge on any atom is -0.345 e. The zero-order valence-corrected chi connectivity index (χ0v) is 11.3.